The minimum Gasteiger partial charge on any atom is -0.359 e. The molecule has 1 saturated heterocycles. The standard InChI is InChI=1S/C17H30N2O3S/c1-18-15(20)11-9-7-5-3-4-6-8-10-12-19-16(21)13-14(23-2)17(19)22/h14H,3-13H2,1-2H3,(H,18,20). The molecule has 132 valence electrons. The summed E-state index contributed by atoms with van der Waals surface area (Å²) >= 11 is 1.47. The third-order valence-electron chi connectivity index (χ3n) is 4.30. The highest BCUT2D eigenvalue weighted by Gasteiger charge is 2.37. The number of amides is 3. The van der Waals surface area contributed by atoms with E-state index in [4.69, 9.17) is 0 Å². The minimum absolute atomic E-state index is 0.00128. The topological polar surface area (TPSA) is 66.5 Å². The Morgan fingerprint density at radius 2 is 1.65 bits per heavy atom. The molecule has 0 spiro atoms. The van der Waals surface area contributed by atoms with E-state index in [1.165, 1.54) is 35.9 Å². The van der Waals surface area contributed by atoms with Crippen LogP contribution in [0, 0.1) is 0 Å². The van der Waals surface area contributed by atoms with Gasteiger partial charge in [-0.25, -0.2) is 0 Å². The molecule has 0 aromatic carbocycles. The number of nitrogens with zero attached hydrogens (tertiary/aromatic N) is 1. The van der Waals surface area contributed by atoms with Crippen molar-refractivity contribution in [2.75, 3.05) is 19.8 Å². The number of unbranched alkanes of at least 4 members (excludes halogenated alkanes) is 7. The van der Waals surface area contributed by atoms with Gasteiger partial charge in [0.15, 0.2) is 0 Å². The molecule has 1 atom stereocenters. The highest BCUT2D eigenvalue weighted by Crippen LogP contribution is 2.23. The molecule has 1 aliphatic rings. The van der Waals surface area contributed by atoms with Gasteiger partial charge in [0.1, 0.15) is 0 Å². The number of hydrogen-bond donors (Lipinski definition) is 1. The van der Waals surface area contributed by atoms with Crippen LogP contribution in [0.5, 0.6) is 0 Å². The van der Waals surface area contributed by atoms with E-state index in [2.05, 4.69) is 5.32 Å². The number of carbonyl (C=O) groups excluding carboxylic acids is 3. The molecule has 3 amide bonds. The van der Waals surface area contributed by atoms with Crippen molar-refractivity contribution in [2.24, 2.45) is 0 Å². The molecule has 0 bridgehead atoms. The summed E-state index contributed by atoms with van der Waals surface area (Å²) < 4.78 is 0. The van der Waals surface area contributed by atoms with E-state index in [-0.39, 0.29) is 23.0 Å². The van der Waals surface area contributed by atoms with Crippen molar-refractivity contribution in [1.29, 1.82) is 0 Å². The first-order valence-corrected chi connectivity index (χ1v) is 9.96. The first kappa shape index (κ1) is 20.0. The summed E-state index contributed by atoms with van der Waals surface area (Å²) in [7, 11) is 1.67. The second kappa shape index (κ2) is 11.5. The summed E-state index contributed by atoms with van der Waals surface area (Å²) in [6, 6.07) is 0. The first-order chi connectivity index (χ1) is 11.1. The number of nitrogens with one attached hydrogen (secondary N) is 1. The van der Waals surface area contributed by atoms with Crippen molar-refractivity contribution in [2.45, 2.75) is 69.5 Å². The van der Waals surface area contributed by atoms with Gasteiger partial charge in [0.2, 0.25) is 17.7 Å². The fraction of sp³-hybridized carbons (Fsp3) is 0.824. The average Bonchev–Trinajstić information content (AvgIpc) is 2.83. The second-order valence-corrected chi connectivity index (χ2v) is 7.10. The lowest BCUT2D eigenvalue weighted by molar-refractivity contribution is -0.138. The summed E-state index contributed by atoms with van der Waals surface area (Å²) in [6.45, 7) is 0.584. The van der Waals surface area contributed by atoms with Gasteiger partial charge in [-0.05, 0) is 19.1 Å². The third kappa shape index (κ3) is 7.38. The molecule has 1 unspecified atom stereocenters. The van der Waals surface area contributed by atoms with Crippen LogP contribution in [-0.2, 0) is 14.4 Å². The predicted octanol–water partition coefficient (Wildman–Crippen LogP) is 2.73. The Labute approximate surface area is 143 Å². The zero-order valence-electron chi connectivity index (χ0n) is 14.4. The smallest absolute Gasteiger partial charge is 0.242 e. The Morgan fingerprint density at radius 3 is 2.17 bits per heavy atom. The summed E-state index contributed by atoms with van der Waals surface area (Å²) in [5.41, 5.74) is 0. The van der Waals surface area contributed by atoms with Crippen LogP contribution in [0.1, 0.15) is 64.2 Å². The molecule has 1 aliphatic heterocycles. The SMILES string of the molecule is CNC(=O)CCCCCCCCCCN1C(=O)CC(SC)C1=O. The van der Waals surface area contributed by atoms with Crippen LogP contribution in [0.15, 0.2) is 0 Å². The van der Waals surface area contributed by atoms with Gasteiger partial charge in [0.25, 0.3) is 0 Å². The van der Waals surface area contributed by atoms with Crippen LogP contribution < -0.4 is 5.32 Å². The molecular formula is C17H30N2O3S. The predicted molar refractivity (Wildman–Crippen MR) is 94.3 cm³/mol. The largest absolute Gasteiger partial charge is 0.359 e. The van der Waals surface area contributed by atoms with E-state index in [0.717, 1.165) is 32.1 Å². The van der Waals surface area contributed by atoms with Gasteiger partial charge in [-0.3, -0.25) is 19.3 Å². The molecule has 23 heavy (non-hydrogen) atoms. The molecule has 0 aliphatic carbocycles. The highest BCUT2D eigenvalue weighted by atomic mass is 32.2. The Kier molecular flexibility index (Phi) is 9.99. The zero-order chi connectivity index (χ0) is 17.1. The maximum Gasteiger partial charge on any atom is 0.242 e. The molecule has 0 saturated carbocycles. The van der Waals surface area contributed by atoms with E-state index >= 15 is 0 Å². The molecule has 1 fully saturated rings. The van der Waals surface area contributed by atoms with E-state index in [1.807, 2.05) is 6.26 Å². The summed E-state index contributed by atoms with van der Waals surface area (Å²) in [5.74, 6) is 0.115. The number of likely N-dealkylation sites (tertiary alicyclic amines) is 1. The third-order valence-corrected chi connectivity index (χ3v) is 5.24. The molecular weight excluding hydrogens is 312 g/mol. The first-order valence-electron chi connectivity index (χ1n) is 8.67. The lowest BCUT2D eigenvalue weighted by Gasteiger charge is -2.14. The lowest BCUT2D eigenvalue weighted by Crippen LogP contribution is -2.32. The van der Waals surface area contributed by atoms with Gasteiger partial charge < -0.3 is 5.32 Å². The van der Waals surface area contributed by atoms with Crippen LogP contribution in [0.4, 0.5) is 0 Å². The Hall–Kier alpha value is -1.04. The van der Waals surface area contributed by atoms with Gasteiger partial charge in [0, 0.05) is 26.4 Å². The summed E-state index contributed by atoms with van der Waals surface area (Å²) in [6.07, 6.45) is 11.7. The number of thioether (sulfide) groups is 1. The van der Waals surface area contributed by atoms with Crippen LogP contribution >= 0.6 is 11.8 Å². The number of imide groups is 1. The van der Waals surface area contributed by atoms with Crippen LogP contribution in [-0.4, -0.2) is 47.7 Å². The molecule has 6 heteroatoms. The quantitative estimate of drug-likeness (QED) is 0.437. The van der Waals surface area contributed by atoms with Crippen LogP contribution in [0.25, 0.3) is 0 Å². The summed E-state index contributed by atoms with van der Waals surface area (Å²) in [4.78, 5) is 36.2. The second-order valence-electron chi connectivity index (χ2n) is 6.06. The number of rotatable bonds is 12. The van der Waals surface area contributed by atoms with Crippen molar-refractivity contribution in [3.8, 4) is 0 Å². The van der Waals surface area contributed by atoms with E-state index in [1.54, 1.807) is 7.05 Å². The molecule has 1 N–H and O–H groups in total. The molecule has 0 radical (unpaired) electrons. The Balaban J connectivity index is 1.95. The summed E-state index contributed by atoms with van der Waals surface area (Å²) in [5, 5.41) is 2.48. The maximum atomic E-state index is 11.9. The Bertz CT molecular complexity index is 401. The normalized spacial score (nSPS) is 17.8. The van der Waals surface area contributed by atoms with Gasteiger partial charge in [-0.2, -0.15) is 11.8 Å². The van der Waals surface area contributed by atoms with Gasteiger partial charge in [0.05, 0.1) is 5.25 Å². The van der Waals surface area contributed by atoms with Crippen LogP contribution in [0.3, 0.4) is 0 Å². The minimum atomic E-state index is -0.155. The monoisotopic (exact) mass is 342 g/mol. The molecule has 1 heterocycles. The van der Waals surface area contributed by atoms with Gasteiger partial charge >= 0.3 is 0 Å². The number of hydrogen-bond acceptors (Lipinski definition) is 4. The zero-order valence-corrected chi connectivity index (χ0v) is 15.3. The average molecular weight is 343 g/mol. The van der Waals surface area contributed by atoms with Gasteiger partial charge in [-0.1, -0.05) is 38.5 Å². The maximum absolute atomic E-state index is 11.9. The van der Waals surface area contributed by atoms with Crippen molar-refractivity contribution >= 4 is 29.5 Å². The fourth-order valence-corrected chi connectivity index (χ4v) is 3.45. The van der Waals surface area contributed by atoms with Crippen molar-refractivity contribution in [3.05, 3.63) is 0 Å². The number of carbonyl (C=O) groups is 3. The molecule has 0 aromatic rings. The fourth-order valence-electron chi connectivity index (χ4n) is 2.81. The van der Waals surface area contributed by atoms with E-state index in [0.29, 0.717) is 19.4 Å². The van der Waals surface area contributed by atoms with Crippen molar-refractivity contribution in [3.63, 3.8) is 0 Å². The molecule has 0 aromatic heterocycles. The molecule has 1 rings (SSSR count). The lowest BCUT2D eigenvalue weighted by atomic mass is 10.1. The highest BCUT2D eigenvalue weighted by molar-refractivity contribution is 8.00. The van der Waals surface area contributed by atoms with E-state index in [9.17, 15) is 14.4 Å². The molecule has 5 nitrogen and oxygen atoms in total. The Morgan fingerprint density at radius 1 is 1.09 bits per heavy atom. The van der Waals surface area contributed by atoms with E-state index < -0.39 is 0 Å². The van der Waals surface area contributed by atoms with Crippen molar-refractivity contribution < 1.29 is 14.4 Å². The van der Waals surface area contributed by atoms with Crippen molar-refractivity contribution in [1.82, 2.24) is 10.2 Å². The van der Waals surface area contributed by atoms with Crippen LogP contribution in [0.2, 0.25) is 0 Å². The van der Waals surface area contributed by atoms with Gasteiger partial charge in [-0.15, -0.1) is 0 Å².